The van der Waals surface area contributed by atoms with Gasteiger partial charge in [-0.25, -0.2) is 8.42 Å². The molecule has 1 aromatic carbocycles. The summed E-state index contributed by atoms with van der Waals surface area (Å²) in [6, 6.07) is 9.13. The first-order chi connectivity index (χ1) is 8.57. The molecule has 2 aromatic rings. The van der Waals surface area contributed by atoms with Gasteiger partial charge in [-0.15, -0.1) is 10.2 Å². The predicted molar refractivity (Wildman–Crippen MR) is 66.4 cm³/mol. The Labute approximate surface area is 109 Å². The average Bonchev–Trinajstić information content (AvgIpc) is 3.07. The van der Waals surface area contributed by atoms with E-state index in [4.69, 9.17) is 10.7 Å². The number of aromatic nitrogens is 3. The molecule has 0 radical (unpaired) electrons. The number of benzene rings is 1. The molecule has 0 aliphatic heterocycles. The first kappa shape index (κ1) is 11.7. The van der Waals surface area contributed by atoms with Crippen LogP contribution in [0.1, 0.15) is 24.6 Å². The third-order valence-electron chi connectivity index (χ3n) is 2.83. The molecule has 1 aliphatic rings. The predicted octanol–water partition coefficient (Wildman–Crippen LogP) is 2.07. The molecule has 0 amide bonds. The van der Waals surface area contributed by atoms with Crippen LogP contribution < -0.4 is 0 Å². The second-order valence-electron chi connectivity index (χ2n) is 4.22. The molecule has 5 nitrogen and oxygen atoms in total. The summed E-state index contributed by atoms with van der Waals surface area (Å²) in [6.07, 6.45) is 2.01. The molecule has 0 unspecified atom stereocenters. The molecule has 0 N–H and O–H groups in total. The van der Waals surface area contributed by atoms with Gasteiger partial charge >= 0.3 is 0 Å². The minimum absolute atomic E-state index is 0.211. The third-order valence-corrected chi connectivity index (χ3v) is 3.95. The molecule has 0 bridgehead atoms. The maximum Gasteiger partial charge on any atom is 0.297 e. The van der Waals surface area contributed by atoms with Crippen molar-refractivity contribution in [3.63, 3.8) is 0 Å². The van der Waals surface area contributed by atoms with Crippen LogP contribution in [0.5, 0.6) is 0 Å². The zero-order valence-electron chi connectivity index (χ0n) is 9.32. The van der Waals surface area contributed by atoms with Gasteiger partial charge in [0.05, 0.1) is 0 Å². The zero-order valence-corrected chi connectivity index (χ0v) is 10.9. The molecule has 1 aliphatic carbocycles. The lowest BCUT2D eigenvalue weighted by Gasteiger charge is -2.07. The summed E-state index contributed by atoms with van der Waals surface area (Å²) in [6.45, 7) is 0. The summed E-state index contributed by atoms with van der Waals surface area (Å²) in [7, 11) is 1.50. The van der Waals surface area contributed by atoms with Gasteiger partial charge in [0, 0.05) is 22.3 Å². The van der Waals surface area contributed by atoms with E-state index in [9.17, 15) is 8.42 Å². The lowest BCUT2D eigenvalue weighted by Crippen LogP contribution is -2.07. The van der Waals surface area contributed by atoms with Gasteiger partial charge in [-0.2, -0.15) is 0 Å². The lowest BCUT2D eigenvalue weighted by molar-refractivity contribution is 0.597. The highest BCUT2D eigenvalue weighted by Gasteiger charge is 2.33. The smallest absolute Gasteiger partial charge is 0.269 e. The van der Waals surface area contributed by atoms with Crippen LogP contribution in [-0.2, 0) is 9.05 Å². The molecular weight excluding hydrogens is 274 g/mol. The van der Waals surface area contributed by atoms with Crippen molar-refractivity contribution in [3.8, 4) is 5.69 Å². The fraction of sp³-hybridized carbons (Fsp3) is 0.273. The standard InChI is InChI=1S/C11H10ClN3O2S/c12-18(16,17)11-14-13-10(8-6-7-8)15(11)9-4-2-1-3-5-9/h1-5,8H,6-7H2. The Bertz CT molecular complexity index is 678. The van der Waals surface area contributed by atoms with Crippen molar-refractivity contribution in [1.29, 1.82) is 0 Å². The first-order valence-corrected chi connectivity index (χ1v) is 7.83. The van der Waals surface area contributed by atoms with Gasteiger partial charge in [0.15, 0.2) is 0 Å². The number of nitrogens with zero attached hydrogens (tertiary/aromatic N) is 3. The van der Waals surface area contributed by atoms with Gasteiger partial charge in [-0.05, 0) is 25.0 Å². The van der Waals surface area contributed by atoms with E-state index in [1.165, 1.54) is 4.57 Å². The number of halogens is 1. The maximum absolute atomic E-state index is 11.5. The molecule has 7 heteroatoms. The van der Waals surface area contributed by atoms with Crippen molar-refractivity contribution in [2.75, 3.05) is 0 Å². The summed E-state index contributed by atoms with van der Waals surface area (Å²) in [4.78, 5) is 0. The number of rotatable bonds is 3. The Morgan fingerprint density at radius 2 is 1.83 bits per heavy atom. The fourth-order valence-corrected chi connectivity index (χ4v) is 2.72. The number of hydrogen-bond donors (Lipinski definition) is 0. The van der Waals surface area contributed by atoms with E-state index in [0.717, 1.165) is 12.8 Å². The summed E-state index contributed by atoms with van der Waals surface area (Å²) in [5.41, 5.74) is 0.712. The Morgan fingerprint density at radius 1 is 1.17 bits per heavy atom. The normalized spacial score (nSPS) is 15.8. The minimum atomic E-state index is -3.90. The van der Waals surface area contributed by atoms with Crippen LogP contribution in [-0.4, -0.2) is 23.2 Å². The van der Waals surface area contributed by atoms with Crippen molar-refractivity contribution >= 4 is 19.7 Å². The molecule has 18 heavy (non-hydrogen) atoms. The molecule has 1 fully saturated rings. The van der Waals surface area contributed by atoms with Gasteiger partial charge in [0.25, 0.3) is 14.2 Å². The third kappa shape index (κ3) is 2.02. The van der Waals surface area contributed by atoms with Gasteiger partial charge in [0.1, 0.15) is 5.82 Å². The van der Waals surface area contributed by atoms with Gasteiger partial charge in [0.2, 0.25) is 0 Å². The summed E-state index contributed by atoms with van der Waals surface area (Å²) >= 11 is 0. The van der Waals surface area contributed by atoms with Crippen LogP contribution in [0.15, 0.2) is 35.5 Å². The van der Waals surface area contributed by atoms with Gasteiger partial charge in [-0.1, -0.05) is 18.2 Å². The second-order valence-corrected chi connectivity index (χ2v) is 6.68. The summed E-state index contributed by atoms with van der Waals surface area (Å²) in [5, 5.41) is 7.48. The SMILES string of the molecule is O=S(=O)(Cl)c1nnc(C2CC2)n1-c1ccccc1. The minimum Gasteiger partial charge on any atom is -0.269 e. The van der Waals surface area contributed by atoms with Crippen molar-refractivity contribution in [3.05, 3.63) is 36.2 Å². The zero-order chi connectivity index (χ0) is 12.8. The molecule has 0 spiro atoms. The largest absolute Gasteiger partial charge is 0.297 e. The van der Waals surface area contributed by atoms with E-state index in [2.05, 4.69) is 10.2 Å². The first-order valence-electron chi connectivity index (χ1n) is 5.53. The van der Waals surface area contributed by atoms with Crippen molar-refractivity contribution in [1.82, 2.24) is 14.8 Å². The van der Waals surface area contributed by atoms with Crippen LogP contribution in [0.4, 0.5) is 0 Å². The van der Waals surface area contributed by atoms with Crippen LogP contribution in [0.2, 0.25) is 0 Å². The number of para-hydroxylation sites is 1. The Balaban J connectivity index is 2.24. The summed E-state index contributed by atoms with van der Waals surface area (Å²) < 4.78 is 24.6. The highest BCUT2D eigenvalue weighted by molar-refractivity contribution is 8.13. The van der Waals surface area contributed by atoms with E-state index in [-0.39, 0.29) is 11.1 Å². The lowest BCUT2D eigenvalue weighted by atomic mass is 10.3. The Hall–Kier alpha value is -1.40. The Kier molecular flexibility index (Phi) is 2.64. The van der Waals surface area contributed by atoms with E-state index in [0.29, 0.717) is 11.5 Å². The molecule has 3 rings (SSSR count). The van der Waals surface area contributed by atoms with Crippen LogP contribution >= 0.6 is 10.7 Å². The highest BCUT2D eigenvalue weighted by Crippen LogP contribution is 2.40. The topological polar surface area (TPSA) is 64.8 Å². The monoisotopic (exact) mass is 283 g/mol. The van der Waals surface area contributed by atoms with Crippen molar-refractivity contribution < 1.29 is 8.42 Å². The van der Waals surface area contributed by atoms with Crippen LogP contribution in [0.25, 0.3) is 5.69 Å². The molecule has 1 heterocycles. The van der Waals surface area contributed by atoms with Gasteiger partial charge in [-0.3, -0.25) is 4.57 Å². The van der Waals surface area contributed by atoms with Gasteiger partial charge < -0.3 is 0 Å². The van der Waals surface area contributed by atoms with Crippen LogP contribution in [0.3, 0.4) is 0 Å². The molecule has 0 saturated heterocycles. The quantitative estimate of drug-likeness (QED) is 0.809. The second kappa shape index (κ2) is 4.07. The van der Waals surface area contributed by atoms with E-state index < -0.39 is 9.05 Å². The maximum atomic E-state index is 11.5. The van der Waals surface area contributed by atoms with E-state index in [1.54, 1.807) is 12.1 Å². The summed E-state index contributed by atoms with van der Waals surface area (Å²) in [5.74, 6) is 0.949. The molecule has 0 atom stereocenters. The average molecular weight is 284 g/mol. The highest BCUT2D eigenvalue weighted by atomic mass is 35.7. The number of hydrogen-bond acceptors (Lipinski definition) is 4. The Morgan fingerprint density at radius 3 is 2.39 bits per heavy atom. The molecule has 1 aromatic heterocycles. The van der Waals surface area contributed by atoms with Crippen LogP contribution in [0, 0.1) is 0 Å². The fourth-order valence-electron chi connectivity index (χ4n) is 1.86. The van der Waals surface area contributed by atoms with Crippen molar-refractivity contribution in [2.45, 2.75) is 23.9 Å². The molecule has 94 valence electrons. The molecular formula is C11H10ClN3O2S. The van der Waals surface area contributed by atoms with Crippen molar-refractivity contribution in [2.24, 2.45) is 0 Å². The molecule has 1 saturated carbocycles. The van der Waals surface area contributed by atoms with E-state index in [1.807, 2.05) is 18.2 Å². The van der Waals surface area contributed by atoms with E-state index >= 15 is 0 Å².